The van der Waals surface area contributed by atoms with Gasteiger partial charge in [0.05, 0.1) is 0 Å². The van der Waals surface area contributed by atoms with Crippen molar-refractivity contribution in [2.45, 2.75) is 25.7 Å². The number of halogens is 2. The summed E-state index contributed by atoms with van der Waals surface area (Å²) in [5.41, 5.74) is 2.79. The van der Waals surface area contributed by atoms with E-state index in [4.69, 9.17) is 11.6 Å². The molecule has 0 N–H and O–H groups in total. The number of hydrogen-bond donors (Lipinski definition) is 0. The van der Waals surface area contributed by atoms with Gasteiger partial charge in [0.15, 0.2) is 0 Å². The first kappa shape index (κ1) is 15.6. The Kier molecular flexibility index (Phi) is 6.62. The van der Waals surface area contributed by atoms with Crippen molar-refractivity contribution < 1.29 is 0 Å². The highest BCUT2D eigenvalue weighted by Crippen LogP contribution is 2.20. The molecule has 1 unspecified atom stereocenters. The van der Waals surface area contributed by atoms with Crippen LogP contribution in [-0.2, 0) is 12.8 Å². The highest BCUT2D eigenvalue weighted by molar-refractivity contribution is 9.10. The minimum atomic E-state index is 0.565. The van der Waals surface area contributed by atoms with Gasteiger partial charge in [0.1, 0.15) is 0 Å². The minimum absolute atomic E-state index is 0.565. The van der Waals surface area contributed by atoms with Gasteiger partial charge >= 0.3 is 0 Å². The van der Waals surface area contributed by atoms with Crippen LogP contribution in [0.15, 0.2) is 59.1 Å². The predicted octanol–water partition coefficient (Wildman–Crippen LogP) is 5.87. The van der Waals surface area contributed by atoms with E-state index in [-0.39, 0.29) is 0 Å². The summed E-state index contributed by atoms with van der Waals surface area (Å²) in [5.74, 6) is 1.30. The van der Waals surface area contributed by atoms with Crippen LogP contribution in [-0.4, -0.2) is 5.88 Å². The molecule has 0 saturated heterocycles. The molecule has 0 nitrogen and oxygen atoms in total. The summed E-state index contributed by atoms with van der Waals surface area (Å²) in [4.78, 5) is 0. The number of hydrogen-bond acceptors (Lipinski definition) is 0. The van der Waals surface area contributed by atoms with Gasteiger partial charge in [0.25, 0.3) is 0 Å². The van der Waals surface area contributed by atoms with Crippen molar-refractivity contribution in [1.82, 2.24) is 0 Å². The summed E-state index contributed by atoms with van der Waals surface area (Å²) < 4.78 is 1.15. The molecule has 0 amide bonds. The maximum atomic E-state index is 6.13. The van der Waals surface area contributed by atoms with Crippen molar-refractivity contribution in [2.75, 3.05) is 5.88 Å². The molecule has 0 aliphatic carbocycles. The quantitative estimate of drug-likeness (QED) is 0.547. The molecular formula is C18H20BrCl. The van der Waals surface area contributed by atoms with Gasteiger partial charge in [-0.2, -0.15) is 0 Å². The molecule has 0 aromatic heterocycles. The molecule has 0 radical (unpaired) electrons. The van der Waals surface area contributed by atoms with E-state index in [0.29, 0.717) is 5.92 Å². The van der Waals surface area contributed by atoms with Crippen LogP contribution in [0.25, 0.3) is 0 Å². The third kappa shape index (κ3) is 5.30. The van der Waals surface area contributed by atoms with Crippen molar-refractivity contribution in [3.63, 3.8) is 0 Å². The van der Waals surface area contributed by atoms with Gasteiger partial charge in [-0.1, -0.05) is 58.4 Å². The molecule has 0 aliphatic heterocycles. The first-order valence-corrected chi connectivity index (χ1v) is 8.45. The Morgan fingerprint density at radius 3 is 2.40 bits per heavy atom. The fourth-order valence-electron chi connectivity index (χ4n) is 2.47. The molecule has 2 aromatic rings. The van der Waals surface area contributed by atoms with Gasteiger partial charge in [-0.15, -0.1) is 11.6 Å². The summed E-state index contributed by atoms with van der Waals surface area (Å²) >= 11 is 9.65. The summed E-state index contributed by atoms with van der Waals surface area (Å²) in [6.45, 7) is 0. The first-order valence-electron chi connectivity index (χ1n) is 7.12. The van der Waals surface area contributed by atoms with Crippen molar-refractivity contribution in [2.24, 2.45) is 5.92 Å². The standard InChI is InChI=1S/C18H20BrCl/c19-18-11-5-9-16(13-18)12-17(14-20)10-4-8-15-6-2-1-3-7-15/h1-3,5-7,9,11,13,17H,4,8,10,12,14H2. The fraction of sp³-hybridized carbons (Fsp3) is 0.333. The van der Waals surface area contributed by atoms with Crippen molar-refractivity contribution >= 4 is 27.5 Å². The van der Waals surface area contributed by atoms with E-state index in [2.05, 4.69) is 70.5 Å². The summed E-state index contributed by atoms with van der Waals surface area (Å²) in [6.07, 6.45) is 4.60. The molecule has 2 heteroatoms. The Labute approximate surface area is 135 Å². The van der Waals surface area contributed by atoms with E-state index >= 15 is 0 Å². The van der Waals surface area contributed by atoms with Crippen molar-refractivity contribution in [1.29, 1.82) is 0 Å². The van der Waals surface area contributed by atoms with Crippen molar-refractivity contribution in [3.05, 3.63) is 70.2 Å². The van der Waals surface area contributed by atoms with Crippen molar-refractivity contribution in [3.8, 4) is 0 Å². The Morgan fingerprint density at radius 1 is 0.950 bits per heavy atom. The second kappa shape index (κ2) is 8.49. The van der Waals surface area contributed by atoms with Gasteiger partial charge in [-0.05, 0) is 54.9 Å². The Bertz CT molecular complexity index is 510. The van der Waals surface area contributed by atoms with Gasteiger partial charge in [0.2, 0.25) is 0 Å². The molecule has 0 spiro atoms. The predicted molar refractivity (Wildman–Crippen MR) is 91.4 cm³/mol. The lowest BCUT2D eigenvalue weighted by Crippen LogP contribution is -2.07. The van der Waals surface area contributed by atoms with Crippen LogP contribution in [0.3, 0.4) is 0 Å². The lowest BCUT2D eigenvalue weighted by molar-refractivity contribution is 0.513. The maximum Gasteiger partial charge on any atom is 0.0254 e. The lowest BCUT2D eigenvalue weighted by atomic mass is 9.94. The Hall–Kier alpha value is -0.790. The van der Waals surface area contributed by atoms with E-state index < -0.39 is 0 Å². The van der Waals surface area contributed by atoms with Crippen LogP contribution in [0.2, 0.25) is 0 Å². The van der Waals surface area contributed by atoms with E-state index in [9.17, 15) is 0 Å². The highest BCUT2D eigenvalue weighted by Gasteiger charge is 2.09. The van der Waals surface area contributed by atoms with Crippen LogP contribution in [0, 0.1) is 5.92 Å². The second-order valence-electron chi connectivity index (χ2n) is 5.23. The second-order valence-corrected chi connectivity index (χ2v) is 6.46. The number of rotatable bonds is 7. The lowest BCUT2D eigenvalue weighted by Gasteiger charge is -2.14. The number of benzene rings is 2. The van der Waals surface area contributed by atoms with E-state index in [1.54, 1.807) is 0 Å². The molecule has 2 aromatic carbocycles. The zero-order chi connectivity index (χ0) is 14.2. The fourth-order valence-corrected chi connectivity index (χ4v) is 3.18. The van der Waals surface area contributed by atoms with Gasteiger partial charge < -0.3 is 0 Å². The third-order valence-electron chi connectivity index (χ3n) is 3.55. The smallest absolute Gasteiger partial charge is 0.0254 e. The molecule has 0 aliphatic rings. The number of alkyl halides is 1. The summed E-state index contributed by atoms with van der Waals surface area (Å²) in [7, 11) is 0. The van der Waals surface area contributed by atoms with E-state index in [1.807, 2.05) is 0 Å². The molecular weight excluding hydrogens is 332 g/mol. The molecule has 106 valence electrons. The van der Waals surface area contributed by atoms with E-state index in [1.165, 1.54) is 24.0 Å². The highest BCUT2D eigenvalue weighted by atomic mass is 79.9. The van der Waals surface area contributed by atoms with Crippen LogP contribution in [0.5, 0.6) is 0 Å². The number of aryl methyl sites for hydroxylation is 1. The van der Waals surface area contributed by atoms with E-state index in [0.717, 1.165) is 23.2 Å². The zero-order valence-electron chi connectivity index (χ0n) is 11.6. The molecule has 0 bridgehead atoms. The topological polar surface area (TPSA) is 0 Å². The molecule has 0 heterocycles. The SMILES string of the molecule is ClCC(CCCc1ccccc1)Cc1cccc(Br)c1. The van der Waals surface area contributed by atoms with Crippen LogP contribution in [0.4, 0.5) is 0 Å². The normalized spacial score (nSPS) is 12.3. The minimum Gasteiger partial charge on any atom is -0.126 e. The largest absolute Gasteiger partial charge is 0.126 e. The van der Waals surface area contributed by atoms with Gasteiger partial charge in [-0.3, -0.25) is 0 Å². The third-order valence-corrected chi connectivity index (χ3v) is 4.48. The summed E-state index contributed by atoms with van der Waals surface area (Å²) in [6, 6.07) is 19.2. The molecule has 20 heavy (non-hydrogen) atoms. The molecule has 2 rings (SSSR count). The monoisotopic (exact) mass is 350 g/mol. The Morgan fingerprint density at radius 2 is 1.70 bits per heavy atom. The Balaban J connectivity index is 1.80. The van der Waals surface area contributed by atoms with Gasteiger partial charge in [-0.25, -0.2) is 0 Å². The first-order chi connectivity index (χ1) is 9.78. The maximum absolute atomic E-state index is 6.13. The molecule has 1 atom stereocenters. The summed E-state index contributed by atoms with van der Waals surface area (Å²) in [5, 5.41) is 0. The average molecular weight is 352 g/mol. The van der Waals surface area contributed by atoms with Gasteiger partial charge in [0, 0.05) is 10.4 Å². The molecule has 0 saturated carbocycles. The van der Waals surface area contributed by atoms with Crippen LogP contribution in [0.1, 0.15) is 24.0 Å². The average Bonchev–Trinajstić information content (AvgIpc) is 2.47. The zero-order valence-corrected chi connectivity index (χ0v) is 13.9. The molecule has 0 fully saturated rings. The van der Waals surface area contributed by atoms with Crippen LogP contribution >= 0.6 is 27.5 Å². The van der Waals surface area contributed by atoms with Crippen LogP contribution < -0.4 is 0 Å².